The maximum atomic E-state index is 12.4. The van der Waals surface area contributed by atoms with Gasteiger partial charge in [0.2, 0.25) is 0 Å². The molecule has 7 heteroatoms. The van der Waals surface area contributed by atoms with Gasteiger partial charge >= 0.3 is 17.9 Å². The van der Waals surface area contributed by atoms with E-state index in [0.29, 0.717) is 22.4 Å². The largest absolute Gasteiger partial charge is 0.465 e. The van der Waals surface area contributed by atoms with E-state index in [2.05, 4.69) is 9.72 Å². The maximum absolute atomic E-state index is 12.4. The Hall–Kier alpha value is -3.09. The molecule has 0 bridgehead atoms. The number of esters is 3. The molecule has 0 aliphatic rings. The number of aryl methyl sites for hydroxylation is 1. The molecule has 2 rings (SSSR count). The van der Waals surface area contributed by atoms with Gasteiger partial charge in [-0.2, -0.15) is 0 Å². The first-order valence-corrected chi connectivity index (χ1v) is 8.09. The van der Waals surface area contributed by atoms with Gasteiger partial charge in [-0.1, -0.05) is 12.1 Å². The van der Waals surface area contributed by atoms with Crippen LogP contribution < -0.4 is 0 Å². The molecular formula is C19H21NO6. The quantitative estimate of drug-likeness (QED) is 0.629. The first-order chi connectivity index (χ1) is 12.4. The fourth-order valence-electron chi connectivity index (χ4n) is 2.54. The molecule has 0 aliphatic carbocycles. The molecule has 0 fully saturated rings. The molecule has 7 nitrogen and oxygen atoms in total. The van der Waals surface area contributed by atoms with Crippen LogP contribution in [0.3, 0.4) is 0 Å². The molecule has 0 saturated carbocycles. The zero-order valence-electron chi connectivity index (χ0n) is 15.2. The minimum absolute atomic E-state index is 0.0408. The number of hydrogen-bond donors (Lipinski definition) is 1. The van der Waals surface area contributed by atoms with E-state index < -0.39 is 17.9 Å². The summed E-state index contributed by atoms with van der Waals surface area (Å²) >= 11 is 0. The van der Waals surface area contributed by atoms with Gasteiger partial charge in [-0.3, -0.25) is 0 Å². The average molecular weight is 359 g/mol. The molecule has 0 aliphatic heterocycles. The maximum Gasteiger partial charge on any atom is 0.355 e. The fourth-order valence-corrected chi connectivity index (χ4v) is 2.54. The second-order valence-corrected chi connectivity index (χ2v) is 5.61. The molecule has 0 atom stereocenters. The Morgan fingerprint density at radius 1 is 0.962 bits per heavy atom. The summed E-state index contributed by atoms with van der Waals surface area (Å²) in [6.07, 6.45) is 0. The standard InChI is InChI=1S/C19H21NO6/c1-5-25-19(23)16-11(2)15(12(3)20-16)18(22)26-10-13-6-8-14(9-7-13)17(21)24-4/h6-9,20H,5,10H2,1-4H3. The number of nitrogens with one attached hydrogen (secondary N) is 1. The number of H-pyrrole nitrogens is 1. The lowest BCUT2D eigenvalue weighted by Crippen LogP contribution is -2.09. The second kappa shape index (κ2) is 8.33. The molecule has 1 heterocycles. The molecule has 0 spiro atoms. The van der Waals surface area contributed by atoms with Gasteiger partial charge in [0.05, 0.1) is 24.8 Å². The Kier molecular flexibility index (Phi) is 6.16. The van der Waals surface area contributed by atoms with E-state index in [9.17, 15) is 14.4 Å². The summed E-state index contributed by atoms with van der Waals surface area (Å²) in [7, 11) is 1.31. The summed E-state index contributed by atoms with van der Waals surface area (Å²) in [5.41, 5.74) is 2.74. The van der Waals surface area contributed by atoms with E-state index in [1.54, 1.807) is 45.0 Å². The van der Waals surface area contributed by atoms with Gasteiger partial charge in [-0.05, 0) is 44.0 Å². The zero-order chi connectivity index (χ0) is 19.3. The van der Waals surface area contributed by atoms with Crippen molar-refractivity contribution in [1.29, 1.82) is 0 Å². The summed E-state index contributed by atoms with van der Waals surface area (Å²) < 4.78 is 14.9. The summed E-state index contributed by atoms with van der Waals surface area (Å²) in [6, 6.07) is 6.56. The molecular weight excluding hydrogens is 338 g/mol. The van der Waals surface area contributed by atoms with Crippen LogP contribution in [0.1, 0.15) is 54.9 Å². The summed E-state index contributed by atoms with van der Waals surface area (Å²) in [6.45, 7) is 5.36. The monoisotopic (exact) mass is 359 g/mol. The summed E-state index contributed by atoms with van der Waals surface area (Å²) in [5, 5.41) is 0. The number of carbonyl (C=O) groups is 3. The van der Waals surface area contributed by atoms with Crippen molar-refractivity contribution >= 4 is 17.9 Å². The number of carbonyl (C=O) groups excluding carboxylic acids is 3. The van der Waals surface area contributed by atoms with Crippen molar-refractivity contribution in [1.82, 2.24) is 4.98 Å². The molecule has 0 unspecified atom stereocenters. The fraction of sp³-hybridized carbons (Fsp3) is 0.316. The van der Waals surface area contributed by atoms with E-state index in [0.717, 1.165) is 5.56 Å². The predicted octanol–water partition coefficient (Wildman–Crippen LogP) is 2.95. The van der Waals surface area contributed by atoms with Crippen molar-refractivity contribution in [3.05, 3.63) is 57.9 Å². The Labute approximate surface area is 151 Å². The van der Waals surface area contributed by atoms with Crippen molar-refractivity contribution in [2.45, 2.75) is 27.4 Å². The third-order valence-corrected chi connectivity index (χ3v) is 3.87. The smallest absolute Gasteiger partial charge is 0.355 e. The van der Waals surface area contributed by atoms with Crippen LogP contribution in [0.15, 0.2) is 24.3 Å². The molecule has 1 aromatic heterocycles. The number of ether oxygens (including phenoxy) is 3. The van der Waals surface area contributed by atoms with Crippen LogP contribution in [0.4, 0.5) is 0 Å². The number of rotatable bonds is 6. The van der Waals surface area contributed by atoms with E-state index in [4.69, 9.17) is 9.47 Å². The molecule has 2 aromatic rings. The minimum atomic E-state index is -0.538. The average Bonchev–Trinajstić information content (AvgIpc) is 2.94. The normalized spacial score (nSPS) is 10.3. The summed E-state index contributed by atoms with van der Waals surface area (Å²) in [5.74, 6) is -1.48. The van der Waals surface area contributed by atoms with E-state index in [1.165, 1.54) is 7.11 Å². The van der Waals surface area contributed by atoms with Crippen molar-refractivity contribution in [3.63, 3.8) is 0 Å². The Morgan fingerprint density at radius 2 is 1.62 bits per heavy atom. The Morgan fingerprint density at radius 3 is 2.19 bits per heavy atom. The van der Waals surface area contributed by atoms with Gasteiger partial charge in [0.25, 0.3) is 0 Å². The lowest BCUT2D eigenvalue weighted by Gasteiger charge is -2.07. The van der Waals surface area contributed by atoms with Crippen LogP contribution in [-0.2, 0) is 20.8 Å². The van der Waals surface area contributed by atoms with Crippen molar-refractivity contribution in [2.75, 3.05) is 13.7 Å². The van der Waals surface area contributed by atoms with Crippen LogP contribution in [0.25, 0.3) is 0 Å². The van der Waals surface area contributed by atoms with Crippen LogP contribution in [0.2, 0.25) is 0 Å². The van der Waals surface area contributed by atoms with Crippen molar-refractivity contribution < 1.29 is 28.6 Å². The van der Waals surface area contributed by atoms with Crippen LogP contribution >= 0.6 is 0 Å². The highest BCUT2D eigenvalue weighted by atomic mass is 16.5. The van der Waals surface area contributed by atoms with E-state index in [1.807, 2.05) is 0 Å². The lowest BCUT2D eigenvalue weighted by molar-refractivity contribution is 0.0470. The molecule has 0 amide bonds. The lowest BCUT2D eigenvalue weighted by atomic mass is 10.1. The molecule has 138 valence electrons. The molecule has 0 radical (unpaired) electrons. The van der Waals surface area contributed by atoms with Gasteiger partial charge in [0.1, 0.15) is 12.3 Å². The Balaban J connectivity index is 2.08. The highest BCUT2D eigenvalue weighted by molar-refractivity contribution is 5.98. The summed E-state index contributed by atoms with van der Waals surface area (Å²) in [4.78, 5) is 38.6. The molecule has 1 N–H and O–H groups in total. The predicted molar refractivity (Wildman–Crippen MR) is 93.1 cm³/mol. The first-order valence-electron chi connectivity index (χ1n) is 8.09. The molecule has 1 aromatic carbocycles. The third kappa shape index (κ3) is 4.11. The van der Waals surface area contributed by atoms with E-state index in [-0.39, 0.29) is 18.9 Å². The number of methoxy groups -OCH3 is 1. The zero-order valence-corrected chi connectivity index (χ0v) is 15.2. The van der Waals surface area contributed by atoms with Gasteiger partial charge in [-0.15, -0.1) is 0 Å². The second-order valence-electron chi connectivity index (χ2n) is 5.61. The van der Waals surface area contributed by atoms with Gasteiger partial charge in [0.15, 0.2) is 0 Å². The van der Waals surface area contributed by atoms with Gasteiger partial charge < -0.3 is 19.2 Å². The highest BCUT2D eigenvalue weighted by Crippen LogP contribution is 2.20. The number of aromatic nitrogens is 1. The SMILES string of the molecule is CCOC(=O)c1[nH]c(C)c(C(=O)OCc2ccc(C(=O)OC)cc2)c1C. The third-order valence-electron chi connectivity index (χ3n) is 3.87. The van der Waals surface area contributed by atoms with Gasteiger partial charge in [0, 0.05) is 5.69 Å². The number of benzene rings is 1. The number of hydrogen-bond acceptors (Lipinski definition) is 6. The molecule has 26 heavy (non-hydrogen) atoms. The van der Waals surface area contributed by atoms with Crippen LogP contribution in [0.5, 0.6) is 0 Å². The van der Waals surface area contributed by atoms with Crippen LogP contribution in [0, 0.1) is 13.8 Å². The Bertz CT molecular complexity index is 819. The van der Waals surface area contributed by atoms with Crippen molar-refractivity contribution in [3.8, 4) is 0 Å². The first kappa shape index (κ1) is 19.2. The topological polar surface area (TPSA) is 94.7 Å². The highest BCUT2D eigenvalue weighted by Gasteiger charge is 2.23. The van der Waals surface area contributed by atoms with Crippen molar-refractivity contribution in [2.24, 2.45) is 0 Å². The van der Waals surface area contributed by atoms with E-state index >= 15 is 0 Å². The molecule has 0 saturated heterocycles. The van der Waals surface area contributed by atoms with Crippen LogP contribution in [-0.4, -0.2) is 36.6 Å². The number of aromatic amines is 1. The minimum Gasteiger partial charge on any atom is -0.465 e. The van der Waals surface area contributed by atoms with Gasteiger partial charge in [-0.25, -0.2) is 14.4 Å².